The van der Waals surface area contributed by atoms with Crippen LogP contribution in [0.15, 0.2) is 84.9 Å². The molecule has 0 bridgehead atoms. The number of nitrogens with zero attached hydrogens (tertiary/aromatic N) is 5. The molecule has 1 atom stereocenters. The van der Waals surface area contributed by atoms with Gasteiger partial charge in [-0.3, -0.25) is 14.5 Å². The number of aromatic nitrogens is 1. The average Bonchev–Trinajstić information content (AvgIpc) is 3.53. The largest absolute Gasteiger partial charge is 0.496 e. The van der Waals surface area contributed by atoms with Crippen LogP contribution in [0.3, 0.4) is 0 Å². The van der Waals surface area contributed by atoms with Crippen molar-refractivity contribution in [3.8, 4) is 28.8 Å². The molecule has 0 saturated carbocycles. The van der Waals surface area contributed by atoms with Crippen molar-refractivity contribution in [3.05, 3.63) is 135 Å². The number of methoxy groups -OCH3 is 1. The summed E-state index contributed by atoms with van der Waals surface area (Å²) in [5, 5.41) is 9.46. The highest BCUT2D eigenvalue weighted by Gasteiger charge is 2.35. The minimum atomic E-state index is -3.33. The molecule has 4 aromatic carbocycles. The van der Waals surface area contributed by atoms with E-state index in [9.17, 15) is 23.6 Å². The van der Waals surface area contributed by atoms with E-state index in [1.54, 1.807) is 65.8 Å². The number of hydrogen-bond donors (Lipinski definition) is 0. The van der Waals surface area contributed by atoms with Crippen LogP contribution in [0.25, 0.3) is 11.3 Å². The van der Waals surface area contributed by atoms with E-state index >= 15 is 4.39 Å². The van der Waals surface area contributed by atoms with E-state index < -0.39 is 30.0 Å². The number of nitriles is 1. The van der Waals surface area contributed by atoms with E-state index in [4.69, 9.17) is 9.47 Å². The molecule has 0 radical (unpaired) electrons. The Morgan fingerprint density at radius 2 is 1.67 bits per heavy atom. The van der Waals surface area contributed by atoms with Crippen molar-refractivity contribution >= 4 is 17.5 Å². The van der Waals surface area contributed by atoms with E-state index in [-0.39, 0.29) is 35.8 Å². The van der Waals surface area contributed by atoms with Gasteiger partial charge in [-0.1, -0.05) is 36.4 Å². The van der Waals surface area contributed by atoms with Crippen molar-refractivity contribution < 1.29 is 37.0 Å². The monoisotopic (exact) mass is 791 g/mol. The number of alkyl halides is 2. The molecule has 0 N–H and O–H groups in total. The first kappa shape index (κ1) is 40.1. The third-order valence-electron chi connectivity index (χ3n) is 11.2. The Morgan fingerprint density at radius 1 is 0.948 bits per heavy atom. The lowest BCUT2D eigenvalue weighted by molar-refractivity contribution is -0.0522. The summed E-state index contributed by atoms with van der Waals surface area (Å²) in [6.07, 6.45) is 0.566. The maximum Gasteiger partial charge on any atom is 0.387 e. The number of benzene rings is 4. The van der Waals surface area contributed by atoms with Gasteiger partial charge >= 0.3 is 6.61 Å². The van der Waals surface area contributed by atoms with Gasteiger partial charge in [-0.15, -0.1) is 0 Å². The maximum absolute atomic E-state index is 15.8. The van der Waals surface area contributed by atoms with Gasteiger partial charge in [0.05, 0.1) is 49.6 Å². The first-order chi connectivity index (χ1) is 28.0. The number of fused-ring (bicyclic) bond motifs is 1. The number of hydrogen-bond acceptors (Lipinski definition) is 7. The third kappa shape index (κ3) is 8.16. The fourth-order valence-corrected chi connectivity index (χ4v) is 7.89. The number of carbonyl (C=O) groups excluding carboxylic acids is 2. The molecule has 0 spiro atoms. The molecule has 2 aliphatic heterocycles. The summed E-state index contributed by atoms with van der Waals surface area (Å²) in [4.78, 5) is 35.3. The van der Waals surface area contributed by atoms with Crippen LogP contribution in [0.2, 0.25) is 0 Å². The van der Waals surface area contributed by atoms with E-state index in [0.717, 1.165) is 34.4 Å². The average molecular weight is 792 g/mol. The zero-order valence-electron chi connectivity index (χ0n) is 32.8. The van der Waals surface area contributed by atoms with Crippen LogP contribution in [0.1, 0.15) is 54.2 Å². The van der Waals surface area contributed by atoms with Crippen LogP contribution in [0, 0.1) is 31.0 Å². The predicted octanol–water partition coefficient (Wildman–Crippen LogP) is 7.68. The fraction of sp³-hybridized carbons (Fsp3) is 0.311. The Kier molecular flexibility index (Phi) is 11.9. The Bertz CT molecular complexity index is 2370. The minimum absolute atomic E-state index is 0.0426. The highest BCUT2D eigenvalue weighted by atomic mass is 19.3. The third-order valence-corrected chi connectivity index (χ3v) is 11.2. The smallest absolute Gasteiger partial charge is 0.387 e. The normalized spacial score (nSPS) is 15.5. The number of anilines is 1. The lowest BCUT2D eigenvalue weighted by atomic mass is 9.92. The van der Waals surface area contributed by atoms with E-state index in [1.807, 2.05) is 49.4 Å². The summed E-state index contributed by atoms with van der Waals surface area (Å²) in [5.74, 6) is -2.06. The van der Waals surface area contributed by atoms with Crippen molar-refractivity contribution in [2.45, 2.75) is 46.0 Å². The van der Waals surface area contributed by atoms with E-state index in [0.29, 0.717) is 67.7 Å². The van der Waals surface area contributed by atoms with Crippen molar-refractivity contribution in [2.24, 2.45) is 7.05 Å². The summed E-state index contributed by atoms with van der Waals surface area (Å²) < 4.78 is 60.4. The molecule has 13 heteroatoms. The summed E-state index contributed by atoms with van der Waals surface area (Å²) in [5.41, 5.74) is 5.89. The van der Waals surface area contributed by atoms with Gasteiger partial charge in [-0.25, -0.2) is 4.39 Å². The highest BCUT2D eigenvalue weighted by Crippen LogP contribution is 2.37. The van der Waals surface area contributed by atoms with Gasteiger partial charge in [0.2, 0.25) is 0 Å². The second kappa shape index (κ2) is 17.2. The SMILES string of the molecule is COc1cccc(CN(C(=O)c2cc(-c3cc(F)c(OC(F)F)cc3C(=O)N3Cc4ccccc4C[C@H]3CN3CCOCC3)n(C)c2C)c2ccc(C#N)cc2)c1C. The zero-order chi connectivity index (χ0) is 41.1. The molecule has 58 heavy (non-hydrogen) atoms. The van der Waals surface area contributed by atoms with E-state index in [1.165, 1.54) is 0 Å². The maximum atomic E-state index is 15.8. The Labute approximate surface area is 335 Å². The Balaban J connectivity index is 1.32. The first-order valence-corrected chi connectivity index (χ1v) is 19.0. The molecule has 7 rings (SSSR count). The van der Waals surface area contributed by atoms with Gasteiger partial charge in [-0.2, -0.15) is 14.0 Å². The summed E-state index contributed by atoms with van der Waals surface area (Å²) in [6.45, 7) is 3.82. The minimum Gasteiger partial charge on any atom is -0.496 e. The van der Waals surface area contributed by atoms with Gasteiger partial charge in [0.1, 0.15) is 5.75 Å². The number of rotatable bonds is 11. The molecule has 3 heterocycles. The zero-order valence-corrected chi connectivity index (χ0v) is 32.8. The summed E-state index contributed by atoms with van der Waals surface area (Å²) >= 11 is 0. The van der Waals surface area contributed by atoms with Crippen LogP contribution in [-0.4, -0.2) is 78.8 Å². The lowest BCUT2D eigenvalue weighted by Crippen LogP contribution is -2.52. The van der Waals surface area contributed by atoms with Gasteiger partial charge < -0.3 is 28.6 Å². The second-order valence-electron chi connectivity index (χ2n) is 14.6. The van der Waals surface area contributed by atoms with Gasteiger partial charge in [0, 0.05) is 61.9 Å². The summed E-state index contributed by atoms with van der Waals surface area (Å²) in [7, 11) is 3.28. The van der Waals surface area contributed by atoms with Crippen LogP contribution in [0.5, 0.6) is 11.5 Å². The topological polar surface area (TPSA) is 100 Å². The van der Waals surface area contributed by atoms with Crippen molar-refractivity contribution in [3.63, 3.8) is 0 Å². The number of amides is 2. The summed E-state index contributed by atoms with van der Waals surface area (Å²) in [6, 6.07) is 25.6. The van der Waals surface area contributed by atoms with Crippen LogP contribution in [0.4, 0.5) is 18.9 Å². The number of ether oxygens (including phenoxy) is 3. The Morgan fingerprint density at radius 3 is 2.36 bits per heavy atom. The standard InChI is InChI=1S/C45H44F3N5O5/c1-28-32(10-7-11-41(28)56-4)25-52(34-14-12-30(24-49)13-15-34)43(54)36-22-40(50(3)29(36)2)37-21-39(46)42(58-45(47)48)23-38(37)44(55)53-26-33-9-6-5-8-31(33)20-35(53)27-51-16-18-57-19-17-51/h5-15,21-23,35,45H,16-20,25-27H2,1-4H3/t35-/m0/s1. The number of morpholine rings is 1. The van der Waals surface area contributed by atoms with Crippen molar-refractivity contribution in [1.29, 1.82) is 5.26 Å². The van der Waals surface area contributed by atoms with Crippen molar-refractivity contribution in [1.82, 2.24) is 14.4 Å². The lowest BCUT2D eigenvalue weighted by Gasteiger charge is -2.40. The molecule has 1 fully saturated rings. The molecule has 0 unspecified atom stereocenters. The molecule has 1 aromatic heterocycles. The quantitative estimate of drug-likeness (QED) is 0.135. The molecule has 2 amide bonds. The Hall–Kier alpha value is -6.10. The molecule has 1 saturated heterocycles. The predicted molar refractivity (Wildman–Crippen MR) is 213 cm³/mol. The van der Waals surface area contributed by atoms with Crippen LogP contribution >= 0.6 is 0 Å². The van der Waals surface area contributed by atoms with Crippen molar-refractivity contribution in [2.75, 3.05) is 44.9 Å². The molecule has 10 nitrogen and oxygen atoms in total. The van der Waals surface area contributed by atoms with Crippen LogP contribution < -0.4 is 14.4 Å². The molecular formula is C45H44F3N5O5. The highest BCUT2D eigenvalue weighted by molar-refractivity contribution is 6.08. The molecule has 5 aromatic rings. The molecule has 300 valence electrons. The fourth-order valence-electron chi connectivity index (χ4n) is 7.89. The number of halogens is 3. The van der Waals surface area contributed by atoms with Gasteiger partial charge in [0.15, 0.2) is 11.6 Å². The second-order valence-corrected chi connectivity index (χ2v) is 14.6. The van der Waals surface area contributed by atoms with E-state index in [2.05, 4.69) is 15.7 Å². The van der Waals surface area contributed by atoms with Crippen LogP contribution in [-0.2, 0) is 31.3 Å². The molecule has 2 aliphatic rings. The first-order valence-electron chi connectivity index (χ1n) is 19.0. The van der Waals surface area contributed by atoms with Gasteiger partial charge in [-0.05, 0) is 91.1 Å². The number of carbonyl (C=O) groups is 2. The molecule has 0 aliphatic carbocycles. The van der Waals surface area contributed by atoms with Gasteiger partial charge in [0.25, 0.3) is 11.8 Å². The molecular weight excluding hydrogens is 748 g/mol.